The molecule has 0 radical (unpaired) electrons. The zero-order valence-electron chi connectivity index (χ0n) is 19.0. The van der Waals surface area contributed by atoms with Crippen LogP contribution in [0.25, 0.3) is 27.6 Å². The first-order valence-electron chi connectivity index (χ1n) is 11.2. The van der Waals surface area contributed by atoms with Gasteiger partial charge in [-0.1, -0.05) is 97.1 Å². The van der Waals surface area contributed by atoms with Gasteiger partial charge in [0.15, 0.2) is 0 Å². The van der Waals surface area contributed by atoms with Crippen molar-refractivity contribution in [2.75, 3.05) is 14.1 Å². The van der Waals surface area contributed by atoms with Crippen molar-refractivity contribution in [3.8, 4) is 0 Å². The van der Waals surface area contributed by atoms with Gasteiger partial charge in [0.1, 0.15) is 5.92 Å². The Morgan fingerprint density at radius 2 is 1.21 bits per heavy atom. The molecule has 1 atom stereocenters. The lowest BCUT2D eigenvalue weighted by Gasteiger charge is -2.36. The summed E-state index contributed by atoms with van der Waals surface area (Å²) in [5.41, 5.74) is 1.87. The maximum absolute atomic E-state index is 13.3. The van der Waals surface area contributed by atoms with E-state index in [9.17, 15) is 14.4 Å². The summed E-state index contributed by atoms with van der Waals surface area (Å²) in [5.74, 6) is -2.57. The molecule has 5 heteroatoms. The topological polar surface area (TPSA) is 57.7 Å². The quantitative estimate of drug-likeness (QED) is 0.390. The van der Waals surface area contributed by atoms with Crippen molar-refractivity contribution in [1.82, 2.24) is 9.80 Å². The molecule has 0 aromatic heterocycles. The molecule has 34 heavy (non-hydrogen) atoms. The average Bonchev–Trinajstić information content (AvgIpc) is 2.88. The second-order valence-corrected chi connectivity index (χ2v) is 8.58. The van der Waals surface area contributed by atoms with Crippen LogP contribution in [0.4, 0.5) is 4.79 Å². The normalized spacial score (nSPS) is 16.2. The van der Waals surface area contributed by atoms with Crippen molar-refractivity contribution < 1.29 is 14.4 Å². The van der Waals surface area contributed by atoms with Crippen molar-refractivity contribution in [3.63, 3.8) is 0 Å². The number of imide groups is 2. The number of carbonyl (C=O) groups excluding carboxylic acids is 3. The molecule has 168 valence electrons. The van der Waals surface area contributed by atoms with E-state index in [1.807, 2.05) is 78.9 Å². The predicted molar refractivity (Wildman–Crippen MR) is 134 cm³/mol. The van der Waals surface area contributed by atoms with Gasteiger partial charge in [0.2, 0.25) is 11.8 Å². The highest BCUT2D eigenvalue weighted by Crippen LogP contribution is 2.36. The number of fused-ring (bicyclic) bond motifs is 2. The molecule has 4 aromatic carbocycles. The third kappa shape index (κ3) is 3.55. The Bertz CT molecular complexity index is 1440. The molecule has 0 saturated carbocycles. The fourth-order valence-electron chi connectivity index (χ4n) is 4.78. The number of carbonyl (C=O) groups is 3. The molecule has 0 spiro atoms. The third-order valence-electron chi connectivity index (χ3n) is 6.62. The number of amides is 4. The summed E-state index contributed by atoms with van der Waals surface area (Å²) < 4.78 is 0. The molecule has 5 rings (SSSR count). The zero-order chi connectivity index (χ0) is 23.8. The summed E-state index contributed by atoms with van der Waals surface area (Å²) in [6, 6.07) is 27.4. The average molecular weight is 449 g/mol. The predicted octanol–water partition coefficient (Wildman–Crippen LogP) is 5.46. The molecule has 4 amide bonds. The standard InChI is InChI=1S/C29H24N2O3/c1-30-27(32)26(28(33)31(2)29(30)34)25(24-16-8-13-20-10-4-6-15-23(20)24)18-17-21-12-7-11-19-9-3-5-14-22(19)21/h3-18,25-26H,1-2H3/b18-17+. The van der Waals surface area contributed by atoms with Gasteiger partial charge in [-0.15, -0.1) is 0 Å². The lowest BCUT2D eigenvalue weighted by molar-refractivity contribution is -0.148. The van der Waals surface area contributed by atoms with Gasteiger partial charge in [0, 0.05) is 20.0 Å². The zero-order valence-corrected chi connectivity index (χ0v) is 19.0. The monoisotopic (exact) mass is 448 g/mol. The fraction of sp³-hybridized carbons (Fsp3) is 0.138. The van der Waals surface area contributed by atoms with Gasteiger partial charge in [0.05, 0.1) is 0 Å². The summed E-state index contributed by atoms with van der Waals surface area (Å²) in [6.07, 6.45) is 3.91. The number of benzene rings is 4. The number of allylic oxidation sites excluding steroid dienone is 1. The Hall–Kier alpha value is -4.25. The van der Waals surface area contributed by atoms with Crippen LogP contribution in [0, 0.1) is 5.92 Å². The molecule has 1 saturated heterocycles. The van der Waals surface area contributed by atoms with Gasteiger partial charge in [0.25, 0.3) is 0 Å². The van der Waals surface area contributed by atoms with Crippen molar-refractivity contribution in [3.05, 3.63) is 102 Å². The van der Waals surface area contributed by atoms with Crippen LogP contribution >= 0.6 is 0 Å². The van der Waals surface area contributed by atoms with E-state index in [1.54, 1.807) is 0 Å². The fourth-order valence-corrected chi connectivity index (χ4v) is 4.78. The molecule has 1 fully saturated rings. The van der Waals surface area contributed by atoms with Gasteiger partial charge in [-0.3, -0.25) is 19.4 Å². The Morgan fingerprint density at radius 1 is 0.676 bits per heavy atom. The lowest BCUT2D eigenvalue weighted by atomic mass is 9.80. The first-order valence-corrected chi connectivity index (χ1v) is 11.2. The van der Waals surface area contributed by atoms with Gasteiger partial charge in [-0.05, 0) is 32.7 Å². The van der Waals surface area contributed by atoms with E-state index in [0.29, 0.717) is 0 Å². The number of hydrogen-bond acceptors (Lipinski definition) is 3. The minimum Gasteiger partial charge on any atom is -0.273 e. The Labute approximate surface area is 197 Å². The molecular formula is C29H24N2O3. The number of barbiturate groups is 1. The second kappa shape index (κ2) is 8.60. The maximum atomic E-state index is 13.3. The van der Waals surface area contributed by atoms with Crippen LogP contribution in [0.1, 0.15) is 17.0 Å². The molecule has 0 aliphatic carbocycles. The summed E-state index contributed by atoms with van der Waals surface area (Å²) >= 11 is 0. The molecule has 1 aliphatic rings. The van der Waals surface area contributed by atoms with E-state index in [0.717, 1.165) is 42.5 Å². The van der Waals surface area contributed by atoms with Crippen molar-refractivity contribution >= 4 is 45.5 Å². The largest absolute Gasteiger partial charge is 0.332 e. The van der Waals surface area contributed by atoms with Crippen LogP contribution in [-0.2, 0) is 9.59 Å². The first-order chi connectivity index (χ1) is 16.5. The molecule has 1 aliphatic heterocycles. The van der Waals surface area contributed by atoms with Crippen LogP contribution < -0.4 is 0 Å². The highest BCUT2D eigenvalue weighted by molar-refractivity contribution is 6.16. The molecular weight excluding hydrogens is 424 g/mol. The summed E-state index contributed by atoms with van der Waals surface area (Å²) in [6.45, 7) is 0. The Balaban J connectivity index is 1.69. The highest BCUT2D eigenvalue weighted by atomic mass is 16.2. The Morgan fingerprint density at radius 3 is 1.88 bits per heavy atom. The SMILES string of the molecule is CN1C(=O)C(C(/C=C/c2cccc3ccccc23)c2cccc3ccccc23)C(=O)N(C)C1=O. The first kappa shape index (κ1) is 21.6. The van der Waals surface area contributed by atoms with Crippen molar-refractivity contribution in [1.29, 1.82) is 0 Å². The number of urea groups is 1. The van der Waals surface area contributed by atoms with E-state index in [2.05, 4.69) is 18.2 Å². The van der Waals surface area contributed by atoms with E-state index in [-0.39, 0.29) is 0 Å². The van der Waals surface area contributed by atoms with Gasteiger partial charge in [-0.25, -0.2) is 4.79 Å². The van der Waals surface area contributed by atoms with Crippen molar-refractivity contribution in [2.45, 2.75) is 5.92 Å². The number of hydrogen-bond donors (Lipinski definition) is 0. The molecule has 5 nitrogen and oxygen atoms in total. The minimum atomic E-state index is -1.04. The van der Waals surface area contributed by atoms with Crippen molar-refractivity contribution in [2.24, 2.45) is 5.92 Å². The van der Waals surface area contributed by atoms with Gasteiger partial charge < -0.3 is 0 Å². The molecule has 1 unspecified atom stereocenters. The van der Waals surface area contributed by atoms with E-state index in [4.69, 9.17) is 0 Å². The summed E-state index contributed by atoms with van der Waals surface area (Å²) in [5, 5.41) is 4.20. The van der Waals surface area contributed by atoms with E-state index < -0.39 is 29.7 Å². The van der Waals surface area contributed by atoms with Crippen LogP contribution in [0.3, 0.4) is 0 Å². The smallest absolute Gasteiger partial charge is 0.273 e. The summed E-state index contributed by atoms with van der Waals surface area (Å²) in [4.78, 5) is 41.0. The highest BCUT2D eigenvalue weighted by Gasteiger charge is 2.46. The molecule has 4 aromatic rings. The van der Waals surface area contributed by atoms with Crippen LogP contribution in [-0.4, -0.2) is 41.7 Å². The molecule has 0 bridgehead atoms. The minimum absolute atomic E-state index is 0.492. The van der Waals surface area contributed by atoms with Crippen LogP contribution in [0.15, 0.2) is 91.0 Å². The number of nitrogens with zero attached hydrogens (tertiary/aromatic N) is 2. The number of rotatable bonds is 4. The van der Waals surface area contributed by atoms with Gasteiger partial charge >= 0.3 is 6.03 Å². The van der Waals surface area contributed by atoms with Crippen LogP contribution in [0.5, 0.6) is 0 Å². The Kier molecular flexibility index (Phi) is 5.46. The molecule has 1 heterocycles. The maximum Gasteiger partial charge on any atom is 0.332 e. The van der Waals surface area contributed by atoms with Gasteiger partial charge in [-0.2, -0.15) is 0 Å². The molecule has 0 N–H and O–H groups in total. The summed E-state index contributed by atoms with van der Waals surface area (Å²) in [7, 11) is 2.85. The second-order valence-electron chi connectivity index (χ2n) is 8.58. The third-order valence-corrected chi connectivity index (χ3v) is 6.62. The van der Waals surface area contributed by atoms with Crippen LogP contribution in [0.2, 0.25) is 0 Å². The van der Waals surface area contributed by atoms with E-state index >= 15 is 0 Å². The lowest BCUT2D eigenvalue weighted by Crippen LogP contribution is -2.58. The van der Waals surface area contributed by atoms with E-state index in [1.165, 1.54) is 14.1 Å².